The molecule has 0 aliphatic heterocycles. The van der Waals surface area contributed by atoms with Crippen LogP contribution in [-0.2, 0) is 0 Å². The van der Waals surface area contributed by atoms with Crippen LogP contribution in [0.1, 0.15) is 0 Å². The highest BCUT2D eigenvalue weighted by Crippen LogP contribution is 2.63. The monoisotopic (exact) mass is 416 g/mol. The topological polar surface area (TPSA) is 39.4 Å². The molecule has 0 aliphatic rings. The van der Waals surface area contributed by atoms with Gasteiger partial charge in [-0.05, 0) is 23.2 Å². The van der Waals surface area contributed by atoms with Crippen LogP contribution >= 0.6 is 19.9 Å². The van der Waals surface area contributed by atoms with Crippen LogP contribution in [0.3, 0.4) is 0 Å². The zero-order valence-electron chi connectivity index (χ0n) is 16.5. The predicted molar refractivity (Wildman–Crippen MR) is 129 cm³/mol. The third-order valence-corrected chi connectivity index (χ3v) is 9.21. The normalized spacial score (nSPS) is 12.3. The lowest BCUT2D eigenvalue weighted by atomic mass is 10.4. The van der Waals surface area contributed by atoms with Gasteiger partial charge in [-0.1, -0.05) is 91.0 Å². The third-order valence-electron chi connectivity index (χ3n) is 4.49. The Morgan fingerprint density at radius 2 is 1.21 bits per heavy atom. The van der Waals surface area contributed by atoms with Gasteiger partial charge in [-0.15, -0.1) is 12.6 Å². The summed E-state index contributed by atoms with van der Waals surface area (Å²) in [5, 5.41) is 14.7. The minimum absolute atomic E-state index is 0.436. The summed E-state index contributed by atoms with van der Waals surface area (Å²) in [5.41, 5.74) is 0. The summed E-state index contributed by atoms with van der Waals surface area (Å²) in [6.07, 6.45) is 1.68. The molecule has 0 aromatic heterocycles. The molecule has 3 aromatic carbocycles. The second-order valence-electron chi connectivity index (χ2n) is 6.67. The van der Waals surface area contributed by atoms with E-state index in [0.717, 1.165) is 15.9 Å². The van der Waals surface area contributed by atoms with E-state index in [1.165, 1.54) is 0 Å². The molecule has 3 aromatic rings. The maximum absolute atomic E-state index is 10.4. The van der Waals surface area contributed by atoms with Crippen molar-refractivity contribution in [2.45, 2.75) is 0 Å². The molecule has 29 heavy (non-hydrogen) atoms. The van der Waals surface area contributed by atoms with E-state index in [2.05, 4.69) is 60.1 Å². The molecule has 0 saturated heterocycles. The molecule has 0 bridgehead atoms. The molecular weight excluding hydrogens is 393 g/mol. The maximum Gasteiger partial charge on any atom is 0.114 e. The van der Waals surface area contributed by atoms with Crippen LogP contribution < -0.4 is 15.9 Å². The van der Waals surface area contributed by atoms with Crippen LogP contribution in [0.5, 0.6) is 0 Å². The highest BCUT2D eigenvalue weighted by atomic mass is 32.1. The van der Waals surface area contributed by atoms with Crippen LogP contribution in [0.4, 0.5) is 0 Å². The largest absolute Gasteiger partial charge is 0.369 e. The van der Waals surface area contributed by atoms with Gasteiger partial charge in [0.05, 0.1) is 11.7 Å². The van der Waals surface area contributed by atoms with Crippen molar-refractivity contribution in [1.82, 2.24) is 4.90 Å². The number of thiol groups is 1. The predicted octanol–water partition coefficient (Wildman–Crippen LogP) is 4.19. The van der Waals surface area contributed by atoms with Crippen molar-refractivity contribution in [3.8, 4) is 6.07 Å². The first-order valence-corrected chi connectivity index (χ1v) is 11.4. The van der Waals surface area contributed by atoms with Crippen molar-refractivity contribution >= 4 is 42.1 Å². The summed E-state index contributed by atoms with van der Waals surface area (Å²) in [6.45, 7) is 0. The lowest BCUT2D eigenvalue weighted by Crippen LogP contribution is -2.32. The first-order valence-electron chi connectivity index (χ1n) is 9.21. The van der Waals surface area contributed by atoms with Crippen molar-refractivity contribution in [1.29, 1.82) is 5.26 Å². The molecule has 0 N–H and O–H groups in total. The molecule has 0 unspecified atom stereocenters. The average Bonchev–Trinajstić information content (AvgIpc) is 2.77. The lowest BCUT2D eigenvalue weighted by molar-refractivity contribution is 0.643. The van der Waals surface area contributed by atoms with E-state index in [9.17, 15) is 5.26 Å². The van der Waals surface area contributed by atoms with Gasteiger partial charge in [-0.25, -0.2) is 4.99 Å². The van der Waals surface area contributed by atoms with Gasteiger partial charge in [-0.2, -0.15) is 5.26 Å². The first-order chi connectivity index (χ1) is 14.1. The Morgan fingerprint density at radius 1 is 0.828 bits per heavy atom. The Morgan fingerprint density at radius 3 is 1.52 bits per heavy atom. The number of nitriles is 1. The SMILES string of the molecule is CN(C)/C=N/C(S)=C(\C#N)[P](c1ccccc1)(c1ccccc1)c1ccccc1. The zero-order valence-corrected chi connectivity index (χ0v) is 18.3. The van der Waals surface area contributed by atoms with Gasteiger partial charge in [0.15, 0.2) is 0 Å². The summed E-state index contributed by atoms with van der Waals surface area (Å²) in [7, 11) is 1.32. The van der Waals surface area contributed by atoms with E-state index in [1.807, 2.05) is 73.6 Å². The number of aliphatic imine (C=N–C) groups is 1. The molecule has 0 saturated carbocycles. The summed E-state index contributed by atoms with van der Waals surface area (Å²) >= 11 is 4.68. The summed E-state index contributed by atoms with van der Waals surface area (Å²) in [6, 6.07) is 33.2. The molecule has 0 heterocycles. The summed E-state index contributed by atoms with van der Waals surface area (Å²) < 4.78 is 0. The molecule has 3 nitrogen and oxygen atoms in total. The minimum atomic E-state index is -2.47. The standard InChI is InChI=1S/C24H23N3PS/c1-27(2)19-26-24(29)23(18-25)28(20-12-6-3-7-13-20,21-14-8-4-9-15-21)22-16-10-5-11-17-22/h3-17,19,29H,1-2H3/b24-23-,26-19+. The maximum atomic E-state index is 10.4. The quantitative estimate of drug-likeness (QED) is 0.215. The minimum Gasteiger partial charge on any atom is -0.369 e. The Hall–Kier alpha value is -2.86. The van der Waals surface area contributed by atoms with E-state index in [-0.39, 0.29) is 0 Å². The summed E-state index contributed by atoms with van der Waals surface area (Å²) in [4.78, 5) is 6.32. The van der Waals surface area contributed by atoms with Gasteiger partial charge in [-0.3, -0.25) is 0 Å². The van der Waals surface area contributed by atoms with Crippen molar-refractivity contribution in [2.75, 3.05) is 14.1 Å². The smallest absolute Gasteiger partial charge is 0.114 e. The Bertz CT molecular complexity index is 943. The third kappa shape index (κ3) is 4.27. The molecule has 1 radical (unpaired) electrons. The van der Waals surface area contributed by atoms with Crippen molar-refractivity contribution < 1.29 is 0 Å². The fourth-order valence-corrected chi connectivity index (χ4v) is 7.88. The molecule has 145 valence electrons. The molecule has 5 heteroatoms. The van der Waals surface area contributed by atoms with E-state index < -0.39 is 7.26 Å². The highest BCUT2D eigenvalue weighted by molar-refractivity contribution is 8.00. The van der Waals surface area contributed by atoms with Crippen LogP contribution in [0.25, 0.3) is 0 Å². The van der Waals surface area contributed by atoms with Crippen molar-refractivity contribution in [2.24, 2.45) is 4.99 Å². The van der Waals surface area contributed by atoms with Gasteiger partial charge in [0.25, 0.3) is 0 Å². The Balaban J connectivity index is 2.46. The molecule has 0 spiro atoms. The lowest BCUT2D eigenvalue weighted by Gasteiger charge is -2.38. The number of hydrogen-bond donors (Lipinski definition) is 1. The fraction of sp³-hybridized carbons (Fsp3) is 0.0833. The molecule has 0 atom stereocenters. The van der Waals surface area contributed by atoms with E-state index in [1.54, 1.807) is 6.34 Å². The Labute approximate surface area is 178 Å². The molecule has 3 rings (SSSR count). The number of allylic oxidation sites excluding steroid dienone is 1. The Kier molecular flexibility index (Phi) is 6.88. The van der Waals surface area contributed by atoms with Crippen LogP contribution in [0, 0.1) is 11.3 Å². The van der Waals surface area contributed by atoms with Gasteiger partial charge >= 0.3 is 0 Å². The van der Waals surface area contributed by atoms with Gasteiger partial charge in [0.2, 0.25) is 0 Å². The zero-order chi connectivity index (χ0) is 20.7. The molecule has 0 fully saturated rings. The molecule has 0 amide bonds. The molecule has 0 aliphatic carbocycles. The van der Waals surface area contributed by atoms with Crippen LogP contribution in [-0.4, -0.2) is 25.3 Å². The fourth-order valence-electron chi connectivity index (χ4n) is 3.30. The first kappa shape index (κ1) is 20.9. The van der Waals surface area contributed by atoms with E-state index in [4.69, 9.17) is 0 Å². The van der Waals surface area contributed by atoms with Gasteiger partial charge in [0, 0.05) is 14.1 Å². The average molecular weight is 417 g/mol. The number of hydrogen-bond acceptors (Lipinski definition) is 3. The summed E-state index contributed by atoms with van der Waals surface area (Å²) in [5.74, 6) is 0. The van der Waals surface area contributed by atoms with Gasteiger partial charge in [0.1, 0.15) is 11.1 Å². The number of nitrogens with zero attached hydrogens (tertiary/aromatic N) is 3. The number of rotatable bonds is 6. The van der Waals surface area contributed by atoms with Crippen LogP contribution in [0.15, 0.2) is 106 Å². The molecular formula is C24H23N3PS. The van der Waals surface area contributed by atoms with Crippen molar-refractivity contribution in [3.05, 3.63) is 101 Å². The van der Waals surface area contributed by atoms with E-state index >= 15 is 0 Å². The second kappa shape index (κ2) is 9.56. The van der Waals surface area contributed by atoms with Crippen LogP contribution in [0.2, 0.25) is 0 Å². The van der Waals surface area contributed by atoms with Gasteiger partial charge < -0.3 is 4.90 Å². The highest BCUT2D eigenvalue weighted by Gasteiger charge is 2.39. The number of benzene rings is 3. The van der Waals surface area contributed by atoms with E-state index in [0.29, 0.717) is 10.3 Å². The second-order valence-corrected chi connectivity index (χ2v) is 10.4. The van der Waals surface area contributed by atoms with Crippen molar-refractivity contribution in [3.63, 3.8) is 0 Å².